The number of aryl methyl sites for hydroxylation is 1. The molecule has 0 aliphatic heterocycles. The number of rotatable bonds is 8. The molecule has 3 aromatic rings. The van der Waals surface area contributed by atoms with Gasteiger partial charge in [0.05, 0.1) is 11.8 Å². The summed E-state index contributed by atoms with van der Waals surface area (Å²) >= 11 is 5.12. The van der Waals surface area contributed by atoms with Crippen molar-refractivity contribution in [2.45, 2.75) is 32.7 Å². The molecule has 0 aliphatic rings. The van der Waals surface area contributed by atoms with Crippen molar-refractivity contribution in [1.29, 1.82) is 0 Å². The normalized spacial score (nSPS) is 11.0. The van der Waals surface area contributed by atoms with Crippen LogP contribution < -0.4 is 5.32 Å². The van der Waals surface area contributed by atoms with Crippen LogP contribution in [0.5, 0.6) is 0 Å². The highest BCUT2D eigenvalue weighted by Gasteiger charge is 2.13. The van der Waals surface area contributed by atoms with E-state index in [9.17, 15) is 13.6 Å². The predicted octanol–water partition coefficient (Wildman–Crippen LogP) is 3.19. The van der Waals surface area contributed by atoms with Gasteiger partial charge in [-0.05, 0) is 31.3 Å². The second-order valence-electron chi connectivity index (χ2n) is 6.03. The van der Waals surface area contributed by atoms with E-state index >= 15 is 0 Å². The molecule has 0 aliphatic carbocycles. The van der Waals surface area contributed by atoms with Crippen LogP contribution in [0.4, 0.5) is 8.78 Å². The Morgan fingerprint density at radius 3 is 2.93 bits per heavy atom. The highest BCUT2D eigenvalue weighted by Crippen LogP contribution is 2.24. The van der Waals surface area contributed by atoms with E-state index in [4.69, 9.17) is 16.6 Å². The second-order valence-corrected chi connectivity index (χ2v) is 6.42. The molecule has 0 saturated carbocycles. The summed E-state index contributed by atoms with van der Waals surface area (Å²) in [5, 5.41) is 9.67. The van der Waals surface area contributed by atoms with Gasteiger partial charge in [-0.1, -0.05) is 0 Å². The second kappa shape index (κ2) is 8.87. The van der Waals surface area contributed by atoms with Gasteiger partial charge >= 0.3 is 0 Å². The maximum absolute atomic E-state index is 13.8. The van der Waals surface area contributed by atoms with Gasteiger partial charge in [0.15, 0.2) is 16.4 Å². The first-order valence-corrected chi connectivity index (χ1v) is 9.19. The zero-order valence-corrected chi connectivity index (χ0v) is 16.0. The van der Waals surface area contributed by atoms with Crippen molar-refractivity contribution in [3.8, 4) is 11.3 Å². The van der Waals surface area contributed by atoms with Crippen molar-refractivity contribution >= 4 is 18.1 Å². The lowest BCUT2D eigenvalue weighted by atomic mass is 10.2. The van der Waals surface area contributed by atoms with E-state index in [0.29, 0.717) is 30.2 Å². The Morgan fingerprint density at radius 1 is 1.36 bits per heavy atom. The fourth-order valence-corrected chi connectivity index (χ4v) is 3.01. The summed E-state index contributed by atoms with van der Waals surface area (Å²) in [4.78, 5) is 16.0. The lowest BCUT2D eigenvalue weighted by Crippen LogP contribution is -2.26. The number of aromatic amines is 1. The van der Waals surface area contributed by atoms with Gasteiger partial charge in [0.2, 0.25) is 5.91 Å². The van der Waals surface area contributed by atoms with E-state index < -0.39 is 11.6 Å². The molecule has 0 spiro atoms. The summed E-state index contributed by atoms with van der Waals surface area (Å²) in [5.74, 6) is -0.279. The number of aromatic nitrogens is 4. The minimum absolute atomic E-state index is 0.119. The Hall–Kier alpha value is -2.88. The van der Waals surface area contributed by atoms with E-state index in [2.05, 4.69) is 20.5 Å². The van der Waals surface area contributed by atoms with Crippen LogP contribution in [0.3, 0.4) is 0 Å². The number of nitrogens with zero attached hydrogens (tertiary/aromatic N) is 3. The van der Waals surface area contributed by atoms with Crippen LogP contribution in [0.2, 0.25) is 0 Å². The lowest BCUT2D eigenvalue weighted by molar-refractivity contribution is -0.121. The SMILES string of the molecule is CCn1c(CCNC(=O)CCc2ncc(-c3ccc(F)cc3F)o2)n[nH]c1=S. The number of nitrogens with one attached hydrogen (secondary N) is 2. The minimum atomic E-state index is -0.731. The van der Waals surface area contributed by atoms with Gasteiger partial charge in [-0.25, -0.2) is 13.8 Å². The van der Waals surface area contributed by atoms with Gasteiger partial charge in [-0.15, -0.1) is 0 Å². The number of benzene rings is 1. The quantitative estimate of drug-likeness (QED) is 0.560. The third kappa shape index (κ3) is 4.69. The molecule has 28 heavy (non-hydrogen) atoms. The number of H-pyrrole nitrogens is 1. The fourth-order valence-electron chi connectivity index (χ4n) is 2.73. The molecule has 0 bridgehead atoms. The minimum Gasteiger partial charge on any atom is -0.441 e. The molecule has 0 radical (unpaired) electrons. The Kier molecular flexibility index (Phi) is 6.30. The van der Waals surface area contributed by atoms with Gasteiger partial charge in [-0.2, -0.15) is 5.10 Å². The van der Waals surface area contributed by atoms with Crippen LogP contribution in [0, 0.1) is 16.4 Å². The van der Waals surface area contributed by atoms with Crippen molar-refractivity contribution in [2.75, 3.05) is 6.54 Å². The van der Waals surface area contributed by atoms with Crippen LogP contribution in [-0.2, 0) is 24.2 Å². The van der Waals surface area contributed by atoms with Crippen LogP contribution in [-0.4, -0.2) is 32.2 Å². The smallest absolute Gasteiger partial charge is 0.220 e. The van der Waals surface area contributed by atoms with Gasteiger partial charge in [0, 0.05) is 38.4 Å². The highest BCUT2D eigenvalue weighted by atomic mass is 32.1. The fraction of sp³-hybridized carbons (Fsp3) is 0.333. The van der Waals surface area contributed by atoms with Crippen molar-refractivity contribution in [3.05, 3.63) is 52.5 Å². The molecule has 0 saturated heterocycles. The average Bonchev–Trinajstić information content (AvgIpc) is 3.26. The van der Waals surface area contributed by atoms with Crippen molar-refractivity contribution in [2.24, 2.45) is 0 Å². The molecular formula is C18H19F2N5O2S. The molecule has 148 valence electrons. The van der Waals surface area contributed by atoms with Crippen LogP contribution in [0.15, 0.2) is 28.8 Å². The summed E-state index contributed by atoms with van der Waals surface area (Å²) in [6, 6.07) is 3.21. The average molecular weight is 407 g/mol. The number of carbonyl (C=O) groups is 1. The van der Waals surface area contributed by atoms with E-state index in [1.165, 1.54) is 12.3 Å². The first kappa shape index (κ1) is 19.9. The summed E-state index contributed by atoms with van der Waals surface area (Å²) in [6.45, 7) is 3.10. The van der Waals surface area contributed by atoms with Crippen LogP contribution in [0.25, 0.3) is 11.3 Å². The monoisotopic (exact) mass is 407 g/mol. The number of hydrogen-bond acceptors (Lipinski definition) is 5. The molecule has 0 atom stereocenters. The van der Waals surface area contributed by atoms with E-state index in [1.54, 1.807) is 0 Å². The van der Waals surface area contributed by atoms with Gasteiger partial charge in [0.1, 0.15) is 17.5 Å². The number of oxazole rings is 1. The van der Waals surface area contributed by atoms with Gasteiger partial charge in [-0.3, -0.25) is 9.89 Å². The van der Waals surface area contributed by atoms with Crippen LogP contribution >= 0.6 is 12.2 Å². The Bertz CT molecular complexity index is 1030. The molecule has 0 fully saturated rings. The zero-order chi connectivity index (χ0) is 20.1. The molecule has 2 N–H and O–H groups in total. The third-order valence-electron chi connectivity index (χ3n) is 4.14. The summed E-state index contributed by atoms with van der Waals surface area (Å²) < 4.78 is 34.7. The standard InChI is InChI=1S/C18H19F2N5O2S/c1-2-25-15(23-24-18(25)28)7-8-21-16(26)5-6-17-22-10-14(27-17)12-4-3-11(19)9-13(12)20/h3-4,9-10H,2,5-8H2,1H3,(H,21,26)(H,24,28). The van der Waals surface area contributed by atoms with E-state index in [0.717, 1.165) is 18.0 Å². The Morgan fingerprint density at radius 2 is 2.18 bits per heavy atom. The maximum Gasteiger partial charge on any atom is 0.220 e. The molecule has 1 amide bonds. The summed E-state index contributed by atoms with van der Waals surface area (Å²) in [6.07, 6.45) is 2.35. The summed E-state index contributed by atoms with van der Waals surface area (Å²) in [7, 11) is 0. The van der Waals surface area contributed by atoms with E-state index in [-0.39, 0.29) is 30.1 Å². The predicted molar refractivity (Wildman–Crippen MR) is 100.0 cm³/mol. The molecule has 2 heterocycles. The van der Waals surface area contributed by atoms with Crippen molar-refractivity contribution in [1.82, 2.24) is 25.1 Å². The molecular weight excluding hydrogens is 388 g/mol. The van der Waals surface area contributed by atoms with Gasteiger partial charge < -0.3 is 14.3 Å². The first-order valence-electron chi connectivity index (χ1n) is 8.78. The number of carbonyl (C=O) groups excluding carboxylic acids is 1. The Balaban J connectivity index is 1.48. The van der Waals surface area contributed by atoms with Crippen molar-refractivity contribution in [3.63, 3.8) is 0 Å². The number of amides is 1. The first-order chi connectivity index (χ1) is 13.5. The third-order valence-corrected chi connectivity index (χ3v) is 4.45. The topological polar surface area (TPSA) is 88.7 Å². The Labute approximate surface area is 164 Å². The molecule has 3 rings (SSSR count). The highest BCUT2D eigenvalue weighted by molar-refractivity contribution is 7.71. The molecule has 10 heteroatoms. The number of halogens is 2. The van der Waals surface area contributed by atoms with Crippen molar-refractivity contribution < 1.29 is 18.0 Å². The van der Waals surface area contributed by atoms with E-state index in [1.807, 2.05) is 11.5 Å². The molecule has 1 aromatic carbocycles. The van der Waals surface area contributed by atoms with Gasteiger partial charge in [0.25, 0.3) is 0 Å². The van der Waals surface area contributed by atoms with Crippen LogP contribution in [0.1, 0.15) is 25.1 Å². The lowest BCUT2D eigenvalue weighted by Gasteiger charge is -2.05. The number of hydrogen-bond donors (Lipinski definition) is 2. The zero-order valence-electron chi connectivity index (χ0n) is 15.2. The molecule has 7 nitrogen and oxygen atoms in total. The molecule has 0 unspecified atom stereocenters. The molecule has 2 aromatic heterocycles. The largest absolute Gasteiger partial charge is 0.441 e. The summed E-state index contributed by atoms with van der Waals surface area (Å²) in [5.41, 5.74) is 0.119. The maximum atomic E-state index is 13.8.